The van der Waals surface area contributed by atoms with Crippen LogP contribution in [0.5, 0.6) is 5.75 Å². The molecule has 7 nitrogen and oxygen atoms in total. The van der Waals surface area contributed by atoms with Crippen molar-refractivity contribution < 1.29 is 19.4 Å². The minimum absolute atomic E-state index is 0.122. The topological polar surface area (TPSA) is 86.5 Å². The number of fused-ring (bicyclic) bond motifs is 1. The molecule has 0 saturated carbocycles. The summed E-state index contributed by atoms with van der Waals surface area (Å²) in [4.78, 5) is 15.4. The summed E-state index contributed by atoms with van der Waals surface area (Å²) >= 11 is 12.7. The minimum Gasteiger partial charge on any atom is -0.485 e. The first kappa shape index (κ1) is 23.6. The Kier molecular flexibility index (Phi) is 6.65. The van der Waals surface area contributed by atoms with Crippen LogP contribution in [0.15, 0.2) is 55.0 Å². The largest absolute Gasteiger partial charge is 0.485 e. The summed E-state index contributed by atoms with van der Waals surface area (Å²) in [7, 11) is 0. The molecule has 0 amide bonds. The lowest BCUT2D eigenvalue weighted by molar-refractivity contribution is -0.0366. The summed E-state index contributed by atoms with van der Waals surface area (Å²) in [5, 5.41) is 15.7. The lowest BCUT2D eigenvalue weighted by atomic mass is 9.99. The predicted molar refractivity (Wildman–Crippen MR) is 134 cm³/mol. The van der Waals surface area contributed by atoms with Crippen LogP contribution >= 0.6 is 23.2 Å². The van der Waals surface area contributed by atoms with Gasteiger partial charge >= 0.3 is 5.97 Å². The Balaban J connectivity index is 1.62. The van der Waals surface area contributed by atoms with Gasteiger partial charge in [-0.1, -0.05) is 35.3 Å². The van der Waals surface area contributed by atoms with Gasteiger partial charge in [-0.15, -0.1) is 0 Å². The van der Waals surface area contributed by atoms with Gasteiger partial charge in [0.05, 0.1) is 27.3 Å². The van der Waals surface area contributed by atoms with E-state index in [9.17, 15) is 9.90 Å². The zero-order valence-electron chi connectivity index (χ0n) is 18.9. The molecule has 3 heterocycles. The first-order valence-electron chi connectivity index (χ1n) is 11.3. The Morgan fingerprint density at radius 2 is 1.86 bits per heavy atom. The average Bonchev–Trinajstić information content (AvgIpc) is 3.28. The van der Waals surface area contributed by atoms with Crippen LogP contribution in [-0.2, 0) is 4.74 Å². The van der Waals surface area contributed by atoms with Gasteiger partial charge in [0, 0.05) is 35.5 Å². The van der Waals surface area contributed by atoms with Crippen molar-refractivity contribution in [2.45, 2.75) is 38.5 Å². The van der Waals surface area contributed by atoms with E-state index < -0.39 is 12.1 Å². The first-order chi connectivity index (χ1) is 16.9. The molecule has 0 bridgehead atoms. The van der Waals surface area contributed by atoms with Crippen molar-refractivity contribution in [1.29, 1.82) is 0 Å². The summed E-state index contributed by atoms with van der Waals surface area (Å²) in [5.41, 5.74) is 3.36. The Morgan fingerprint density at radius 3 is 2.51 bits per heavy atom. The Bertz CT molecular complexity index is 1360. The molecule has 1 fully saturated rings. The lowest BCUT2D eigenvalue weighted by Crippen LogP contribution is -2.18. The smallest absolute Gasteiger partial charge is 0.335 e. The zero-order chi connectivity index (χ0) is 24.5. The molecule has 4 aromatic rings. The number of carboxylic acids is 1. The number of aromatic carboxylic acids is 1. The number of carboxylic acid groups (broad SMARTS) is 1. The lowest BCUT2D eigenvalue weighted by Gasteiger charge is -2.24. The quantitative estimate of drug-likeness (QED) is 0.301. The number of pyridine rings is 1. The average molecular weight is 512 g/mol. The number of rotatable bonds is 6. The number of aromatic nitrogens is 3. The second-order valence-electron chi connectivity index (χ2n) is 8.44. The summed E-state index contributed by atoms with van der Waals surface area (Å²) in [6, 6.07) is 10.6. The van der Waals surface area contributed by atoms with E-state index in [0.717, 1.165) is 41.3 Å². The number of hydrogen-bond acceptors (Lipinski definition) is 5. The highest BCUT2D eigenvalue weighted by Crippen LogP contribution is 2.41. The minimum atomic E-state index is -0.982. The van der Waals surface area contributed by atoms with E-state index in [2.05, 4.69) is 10.1 Å². The molecule has 0 radical (unpaired) electrons. The number of nitrogens with zero attached hydrogens (tertiary/aromatic N) is 3. The Hall–Kier alpha value is -3.13. The highest BCUT2D eigenvalue weighted by Gasteiger charge is 2.23. The van der Waals surface area contributed by atoms with Gasteiger partial charge in [-0.3, -0.25) is 4.98 Å². The van der Waals surface area contributed by atoms with Gasteiger partial charge in [-0.2, -0.15) is 5.10 Å². The molecule has 9 heteroatoms. The third kappa shape index (κ3) is 4.59. The van der Waals surface area contributed by atoms with Crippen LogP contribution in [0, 0.1) is 0 Å². The Labute approximate surface area is 212 Å². The van der Waals surface area contributed by atoms with Gasteiger partial charge in [-0.05, 0) is 56.0 Å². The molecule has 0 aliphatic carbocycles. The van der Waals surface area contributed by atoms with E-state index >= 15 is 0 Å². The summed E-state index contributed by atoms with van der Waals surface area (Å²) in [5.74, 6) is -0.384. The number of halogens is 2. The molecule has 2 aromatic carbocycles. The molecular formula is C26H23Cl2N3O4. The molecule has 180 valence electrons. The molecule has 1 aliphatic rings. The molecule has 2 aromatic heterocycles. The van der Waals surface area contributed by atoms with Crippen molar-refractivity contribution in [1.82, 2.24) is 14.8 Å². The second kappa shape index (κ2) is 9.85. The fourth-order valence-corrected chi connectivity index (χ4v) is 5.15. The molecule has 1 aliphatic heterocycles. The molecule has 1 saturated heterocycles. The van der Waals surface area contributed by atoms with Crippen LogP contribution < -0.4 is 4.74 Å². The number of hydrogen-bond donors (Lipinski definition) is 1. The Morgan fingerprint density at radius 1 is 1.11 bits per heavy atom. The van der Waals surface area contributed by atoms with Gasteiger partial charge in [0.25, 0.3) is 0 Å². The number of ether oxygens (including phenoxy) is 2. The van der Waals surface area contributed by atoms with Gasteiger partial charge in [-0.25, -0.2) is 9.48 Å². The maximum Gasteiger partial charge on any atom is 0.335 e. The van der Waals surface area contributed by atoms with E-state index in [1.54, 1.807) is 30.5 Å². The van der Waals surface area contributed by atoms with Crippen molar-refractivity contribution in [3.63, 3.8) is 0 Å². The molecule has 1 N–H and O–H groups in total. The molecular weight excluding hydrogens is 489 g/mol. The third-order valence-corrected chi connectivity index (χ3v) is 6.79. The molecule has 0 spiro atoms. The van der Waals surface area contributed by atoms with Crippen LogP contribution in [0.2, 0.25) is 10.0 Å². The van der Waals surface area contributed by atoms with Gasteiger partial charge in [0.15, 0.2) is 6.23 Å². The van der Waals surface area contributed by atoms with Crippen LogP contribution in [-0.4, -0.2) is 32.4 Å². The van der Waals surface area contributed by atoms with Crippen LogP contribution in [0.3, 0.4) is 0 Å². The fraction of sp³-hybridized carbons (Fsp3) is 0.269. The van der Waals surface area contributed by atoms with Crippen molar-refractivity contribution in [3.8, 4) is 16.9 Å². The number of benzene rings is 2. The number of carbonyl (C=O) groups is 1. The van der Waals surface area contributed by atoms with Crippen molar-refractivity contribution >= 4 is 40.1 Å². The van der Waals surface area contributed by atoms with Crippen molar-refractivity contribution in [2.75, 3.05) is 6.61 Å². The normalized spacial score (nSPS) is 16.8. The zero-order valence-corrected chi connectivity index (χ0v) is 20.5. The standard InChI is InChI=1S/C26H23Cl2N3O4/c1-15(24-19(27)13-29-14-20(24)28)35-22-10-9-21-18(12-30-31(21)23-4-2-3-11-34-23)25(22)16-5-7-17(8-6-16)26(32)33/h5-10,12-15,23H,2-4,11H2,1H3,(H,32,33)/t15-,23?/m1/s1. The molecule has 5 rings (SSSR count). The fourth-order valence-electron chi connectivity index (χ4n) is 4.48. The van der Waals surface area contributed by atoms with E-state index in [0.29, 0.717) is 28.0 Å². The predicted octanol–water partition coefficient (Wildman–Crippen LogP) is 6.94. The van der Waals surface area contributed by atoms with Gasteiger partial charge in [0.1, 0.15) is 11.9 Å². The maximum absolute atomic E-state index is 11.4. The summed E-state index contributed by atoms with van der Waals surface area (Å²) in [6.45, 7) is 2.58. The van der Waals surface area contributed by atoms with Crippen LogP contribution in [0.1, 0.15) is 54.4 Å². The van der Waals surface area contributed by atoms with Gasteiger partial charge < -0.3 is 14.6 Å². The SMILES string of the molecule is C[C@@H](Oc1ccc2c(cnn2C2CCCCO2)c1-c1ccc(C(=O)O)cc1)c1c(Cl)cncc1Cl. The first-order valence-corrected chi connectivity index (χ1v) is 12.1. The van der Waals surface area contributed by atoms with Crippen LogP contribution in [0.25, 0.3) is 22.0 Å². The highest BCUT2D eigenvalue weighted by atomic mass is 35.5. The molecule has 2 atom stereocenters. The second-order valence-corrected chi connectivity index (χ2v) is 9.26. The summed E-state index contributed by atoms with van der Waals surface area (Å²) in [6.07, 6.45) is 7.31. The molecule has 1 unspecified atom stereocenters. The molecule has 35 heavy (non-hydrogen) atoms. The highest BCUT2D eigenvalue weighted by molar-refractivity contribution is 6.35. The van der Waals surface area contributed by atoms with E-state index in [4.69, 9.17) is 32.7 Å². The van der Waals surface area contributed by atoms with E-state index in [1.807, 2.05) is 23.7 Å². The van der Waals surface area contributed by atoms with Crippen molar-refractivity contribution in [2.24, 2.45) is 0 Å². The summed E-state index contributed by atoms with van der Waals surface area (Å²) < 4.78 is 14.3. The van der Waals surface area contributed by atoms with Gasteiger partial charge in [0.2, 0.25) is 0 Å². The monoisotopic (exact) mass is 511 g/mol. The van der Waals surface area contributed by atoms with E-state index in [-0.39, 0.29) is 11.8 Å². The van der Waals surface area contributed by atoms with Crippen LogP contribution in [0.4, 0.5) is 0 Å². The van der Waals surface area contributed by atoms with E-state index in [1.165, 1.54) is 12.4 Å². The maximum atomic E-state index is 11.4. The van der Waals surface area contributed by atoms with Crippen molar-refractivity contribution in [3.05, 3.63) is 76.2 Å². The third-order valence-electron chi connectivity index (χ3n) is 6.19.